The van der Waals surface area contributed by atoms with Gasteiger partial charge < -0.3 is 4.90 Å². The number of rotatable bonds is 5. The first-order valence-corrected chi connectivity index (χ1v) is 12.3. The fourth-order valence-corrected chi connectivity index (χ4v) is 6.73. The molecule has 0 unspecified atom stereocenters. The van der Waals surface area contributed by atoms with Gasteiger partial charge in [-0.3, -0.25) is 4.99 Å². The first kappa shape index (κ1) is 19.7. The molecule has 4 rings (SSSR count). The molecule has 2 aliphatic heterocycles. The fraction of sp³-hybridized carbons (Fsp3) is 0.350. The van der Waals surface area contributed by atoms with Gasteiger partial charge in [0.25, 0.3) is 0 Å². The van der Waals surface area contributed by atoms with Crippen molar-refractivity contribution in [1.82, 2.24) is 0 Å². The van der Waals surface area contributed by atoms with Crippen LogP contribution >= 0.6 is 23.4 Å². The Kier molecular flexibility index (Phi) is 5.67. The molecular weight excluding hydrogens is 419 g/mol. The van der Waals surface area contributed by atoms with E-state index in [1.165, 1.54) is 11.6 Å². The Morgan fingerprint density at radius 1 is 1.18 bits per heavy atom. The summed E-state index contributed by atoms with van der Waals surface area (Å²) in [6, 6.07) is 14.3. The molecule has 0 spiro atoms. The van der Waals surface area contributed by atoms with Crippen LogP contribution in [0.25, 0.3) is 0 Å². The quantitative estimate of drug-likeness (QED) is 0.657. The topological polar surface area (TPSA) is 49.7 Å². The van der Waals surface area contributed by atoms with Crippen LogP contribution in [0.3, 0.4) is 0 Å². The van der Waals surface area contributed by atoms with Crippen molar-refractivity contribution in [2.24, 2.45) is 4.99 Å². The zero-order valence-corrected chi connectivity index (χ0v) is 17.5. The molecule has 0 aliphatic carbocycles. The van der Waals surface area contributed by atoms with Crippen LogP contribution in [0.15, 0.2) is 53.5 Å². The zero-order chi connectivity index (χ0) is 19.7. The summed E-state index contributed by atoms with van der Waals surface area (Å²) in [6.45, 7) is 0. The standard InChI is InChI=1S/C20H20ClFN2O2S2/c21-16-11-15(8-9-17(16)22)24-19-13-28(25,26)12-18(19)23-20(24)27-10-4-7-14-5-2-1-3-6-14/h1-3,5-6,8-9,11,18-19H,4,7,10,12-13H2/t18-,19+/m0/s1. The van der Waals surface area contributed by atoms with E-state index in [0.29, 0.717) is 5.69 Å². The molecule has 2 heterocycles. The summed E-state index contributed by atoms with van der Waals surface area (Å²) in [6.07, 6.45) is 1.96. The maximum atomic E-state index is 13.6. The zero-order valence-electron chi connectivity index (χ0n) is 15.1. The molecule has 4 nitrogen and oxygen atoms in total. The van der Waals surface area contributed by atoms with Gasteiger partial charge in [-0.05, 0) is 36.6 Å². The van der Waals surface area contributed by atoms with E-state index in [1.54, 1.807) is 23.9 Å². The third-order valence-electron chi connectivity index (χ3n) is 4.97. The molecule has 0 N–H and O–H groups in total. The van der Waals surface area contributed by atoms with Gasteiger partial charge in [0.05, 0.1) is 28.6 Å². The highest BCUT2D eigenvalue weighted by Gasteiger charge is 2.47. The smallest absolute Gasteiger partial charge is 0.164 e. The Bertz CT molecular complexity index is 999. The van der Waals surface area contributed by atoms with Crippen LogP contribution in [0.5, 0.6) is 0 Å². The number of aliphatic imine (C=N–C) groups is 1. The number of halogens is 2. The van der Waals surface area contributed by atoms with Gasteiger partial charge in [0.15, 0.2) is 15.0 Å². The highest BCUT2D eigenvalue weighted by molar-refractivity contribution is 8.14. The van der Waals surface area contributed by atoms with E-state index in [0.717, 1.165) is 23.8 Å². The van der Waals surface area contributed by atoms with Gasteiger partial charge in [0, 0.05) is 11.4 Å². The molecule has 2 aromatic rings. The lowest BCUT2D eigenvalue weighted by Crippen LogP contribution is -2.39. The molecule has 0 radical (unpaired) electrons. The van der Waals surface area contributed by atoms with Crippen molar-refractivity contribution < 1.29 is 12.8 Å². The summed E-state index contributed by atoms with van der Waals surface area (Å²) >= 11 is 7.58. The summed E-state index contributed by atoms with van der Waals surface area (Å²) < 4.78 is 37.8. The Morgan fingerprint density at radius 2 is 1.96 bits per heavy atom. The number of aryl methyl sites for hydroxylation is 1. The number of sulfone groups is 1. The number of thioether (sulfide) groups is 1. The number of anilines is 1. The molecule has 8 heteroatoms. The van der Waals surface area contributed by atoms with Crippen LogP contribution in [0, 0.1) is 5.82 Å². The largest absolute Gasteiger partial charge is 0.315 e. The number of fused-ring (bicyclic) bond motifs is 1. The number of amidine groups is 1. The van der Waals surface area contributed by atoms with Gasteiger partial charge in [-0.1, -0.05) is 53.7 Å². The summed E-state index contributed by atoms with van der Waals surface area (Å²) in [5.74, 6) is 0.501. The molecule has 1 saturated heterocycles. The lowest BCUT2D eigenvalue weighted by Gasteiger charge is -2.26. The molecule has 0 amide bonds. The molecule has 28 heavy (non-hydrogen) atoms. The summed E-state index contributed by atoms with van der Waals surface area (Å²) in [7, 11) is -3.11. The predicted octanol–water partition coefficient (Wildman–Crippen LogP) is 4.19. The first-order chi connectivity index (χ1) is 13.4. The van der Waals surface area contributed by atoms with E-state index in [-0.39, 0.29) is 28.6 Å². The molecular formula is C20H20ClFN2O2S2. The van der Waals surface area contributed by atoms with Crippen LogP contribution in [-0.4, -0.2) is 42.9 Å². The minimum absolute atomic E-state index is 0.0234. The van der Waals surface area contributed by atoms with Crippen LogP contribution in [-0.2, 0) is 16.3 Å². The summed E-state index contributed by atoms with van der Waals surface area (Å²) in [4.78, 5) is 6.61. The van der Waals surface area contributed by atoms with Gasteiger partial charge in [-0.2, -0.15) is 0 Å². The average molecular weight is 439 g/mol. The number of hydrogen-bond donors (Lipinski definition) is 0. The van der Waals surface area contributed by atoms with Gasteiger partial charge in [0.1, 0.15) is 5.82 Å². The van der Waals surface area contributed by atoms with Gasteiger partial charge in [-0.25, -0.2) is 12.8 Å². The van der Waals surface area contributed by atoms with E-state index in [4.69, 9.17) is 11.6 Å². The second-order valence-electron chi connectivity index (χ2n) is 7.03. The van der Waals surface area contributed by atoms with Crippen molar-refractivity contribution in [2.45, 2.75) is 24.9 Å². The minimum atomic E-state index is -3.11. The van der Waals surface area contributed by atoms with E-state index < -0.39 is 15.7 Å². The monoisotopic (exact) mass is 438 g/mol. The maximum Gasteiger partial charge on any atom is 0.164 e. The second kappa shape index (κ2) is 8.05. The molecule has 2 aliphatic rings. The van der Waals surface area contributed by atoms with Crippen LogP contribution < -0.4 is 4.90 Å². The van der Waals surface area contributed by atoms with Crippen molar-refractivity contribution in [1.29, 1.82) is 0 Å². The number of hydrogen-bond acceptors (Lipinski definition) is 5. The first-order valence-electron chi connectivity index (χ1n) is 9.12. The van der Waals surface area contributed by atoms with Crippen molar-refractivity contribution in [3.05, 3.63) is 64.9 Å². The Morgan fingerprint density at radius 3 is 2.71 bits per heavy atom. The van der Waals surface area contributed by atoms with Crippen molar-refractivity contribution in [2.75, 3.05) is 22.2 Å². The van der Waals surface area contributed by atoms with Crippen molar-refractivity contribution in [3.63, 3.8) is 0 Å². The average Bonchev–Trinajstić information content (AvgIpc) is 3.13. The van der Waals surface area contributed by atoms with Crippen LogP contribution in [0.2, 0.25) is 5.02 Å². The lowest BCUT2D eigenvalue weighted by atomic mass is 10.1. The Balaban J connectivity index is 1.49. The summed E-state index contributed by atoms with van der Waals surface area (Å²) in [5, 5.41) is 0.816. The molecule has 1 fully saturated rings. The molecule has 0 aromatic heterocycles. The summed E-state index contributed by atoms with van der Waals surface area (Å²) in [5.41, 5.74) is 1.98. The van der Waals surface area contributed by atoms with E-state index >= 15 is 0 Å². The molecule has 0 bridgehead atoms. The second-order valence-corrected chi connectivity index (χ2v) is 10.7. The third kappa shape index (κ3) is 4.21. The Hall–Kier alpha value is -1.57. The molecule has 148 valence electrons. The highest BCUT2D eigenvalue weighted by Crippen LogP contribution is 2.36. The number of benzene rings is 2. The molecule has 2 aromatic carbocycles. The highest BCUT2D eigenvalue weighted by atomic mass is 35.5. The van der Waals surface area contributed by atoms with Crippen molar-refractivity contribution >= 4 is 44.1 Å². The lowest BCUT2D eigenvalue weighted by molar-refractivity contribution is 0.601. The fourth-order valence-electron chi connectivity index (χ4n) is 3.65. The third-order valence-corrected chi connectivity index (χ3v) is 8.01. The van der Waals surface area contributed by atoms with Gasteiger partial charge in [-0.15, -0.1) is 0 Å². The maximum absolute atomic E-state index is 13.6. The van der Waals surface area contributed by atoms with Crippen LogP contribution in [0.1, 0.15) is 12.0 Å². The van der Waals surface area contributed by atoms with Gasteiger partial charge >= 0.3 is 0 Å². The van der Waals surface area contributed by atoms with Crippen molar-refractivity contribution in [3.8, 4) is 0 Å². The molecule has 2 atom stereocenters. The number of nitrogens with zero attached hydrogens (tertiary/aromatic N) is 2. The normalized spacial score (nSPS) is 22.9. The van der Waals surface area contributed by atoms with E-state index in [9.17, 15) is 12.8 Å². The SMILES string of the molecule is O=S1(=O)C[C@@H]2N=C(SCCCc3ccccc3)N(c3ccc(F)c(Cl)c3)[C@@H]2C1. The van der Waals surface area contributed by atoms with E-state index in [2.05, 4.69) is 17.1 Å². The van der Waals surface area contributed by atoms with E-state index in [1.807, 2.05) is 23.1 Å². The Labute approximate surface area is 173 Å². The van der Waals surface area contributed by atoms with Crippen LogP contribution in [0.4, 0.5) is 10.1 Å². The molecule has 0 saturated carbocycles. The van der Waals surface area contributed by atoms with Gasteiger partial charge in [0.2, 0.25) is 0 Å². The minimum Gasteiger partial charge on any atom is -0.315 e. The predicted molar refractivity (Wildman–Crippen MR) is 115 cm³/mol.